The lowest BCUT2D eigenvalue weighted by atomic mass is 9.94. The third-order valence-corrected chi connectivity index (χ3v) is 10.8. The summed E-state index contributed by atoms with van der Waals surface area (Å²) in [5.74, 6) is 0.972. The van der Waals surface area contributed by atoms with Crippen molar-refractivity contribution in [3.8, 4) is 0 Å². The van der Waals surface area contributed by atoms with E-state index in [1.807, 2.05) is 0 Å². The molecule has 0 saturated heterocycles. The Hall–Kier alpha value is -3.69. The molecular formula is C39H40N2S. The monoisotopic (exact) mass is 568 g/mol. The summed E-state index contributed by atoms with van der Waals surface area (Å²) in [6.45, 7) is 9.18. The van der Waals surface area contributed by atoms with Gasteiger partial charge in [0.2, 0.25) is 0 Å². The fourth-order valence-electron chi connectivity index (χ4n) is 7.39. The van der Waals surface area contributed by atoms with E-state index in [9.17, 15) is 0 Å². The first kappa shape index (κ1) is 27.2. The summed E-state index contributed by atoms with van der Waals surface area (Å²) in [7, 11) is 0. The molecule has 3 aliphatic rings. The molecule has 3 atom stereocenters. The van der Waals surface area contributed by atoms with Crippen LogP contribution in [-0.2, 0) is 18.6 Å². The zero-order valence-corrected chi connectivity index (χ0v) is 26.0. The molecule has 2 aliphatic heterocycles. The average Bonchev–Trinajstić information content (AvgIpc) is 3.51. The van der Waals surface area contributed by atoms with Gasteiger partial charge in [0.1, 0.15) is 0 Å². The molecule has 4 aromatic carbocycles. The number of allylic oxidation sites excluding steroid dienone is 1. The SMILES string of the molecule is C/C=C\c1c(CSC2C(C)=Cc3c2cccc3N2c3ccccc3CCC2C)cccc1N1c2ccccc2CC1C. The molecule has 0 radical (unpaired) electrons. The Morgan fingerprint density at radius 2 is 1.43 bits per heavy atom. The third kappa shape index (κ3) is 4.59. The first-order valence-electron chi connectivity index (χ1n) is 15.5. The molecule has 0 bridgehead atoms. The van der Waals surface area contributed by atoms with E-state index < -0.39 is 0 Å². The number of thioether (sulfide) groups is 1. The summed E-state index contributed by atoms with van der Waals surface area (Å²) in [4.78, 5) is 5.15. The Labute approximate surface area is 255 Å². The fraction of sp³-hybridized carbons (Fsp3) is 0.282. The highest BCUT2D eigenvalue weighted by molar-refractivity contribution is 7.99. The van der Waals surface area contributed by atoms with Crippen molar-refractivity contribution in [2.24, 2.45) is 0 Å². The van der Waals surface area contributed by atoms with Crippen molar-refractivity contribution < 1.29 is 0 Å². The third-order valence-electron chi connectivity index (χ3n) is 9.35. The van der Waals surface area contributed by atoms with Crippen molar-refractivity contribution in [1.82, 2.24) is 0 Å². The highest BCUT2D eigenvalue weighted by atomic mass is 32.2. The molecular weight excluding hydrogens is 529 g/mol. The second-order valence-corrected chi connectivity index (χ2v) is 13.2. The minimum absolute atomic E-state index is 0.365. The van der Waals surface area contributed by atoms with Gasteiger partial charge in [-0.3, -0.25) is 0 Å². The molecule has 0 N–H and O–H groups in total. The highest BCUT2D eigenvalue weighted by Gasteiger charge is 2.32. The summed E-state index contributed by atoms with van der Waals surface area (Å²) in [5, 5.41) is 0.365. The number of anilines is 4. The molecule has 7 rings (SSSR count). The summed E-state index contributed by atoms with van der Waals surface area (Å²) in [6.07, 6.45) is 10.4. The van der Waals surface area contributed by atoms with E-state index in [2.05, 4.69) is 152 Å². The van der Waals surface area contributed by atoms with Crippen molar-refractivity contribution in [2.45, 2.75) is 70.0 Å². The number of hydrogen-bond donors (Lipinski definition) is 0. The molecule has 0 fully saturated rings. The fourth-order valence-corrected chi connectivity index (χ4v) is 8.71. The van der Waals surface area contributed by atoms with E-state index in [-0.39, 0.29) is 0 Å². The summed E-state index contributed by atoms with van der Waals surface area (Å²) in [5.41, 5.74) is 15.4. The van der Waals surface area contributed by atoms with Gasteiger partial charge in [-0.25, -0.2) is 0 Å². The molecule has 2 heterocycles. The number of nitrogens with zero attached hydrogens (tertiary/aromatic N) is 2. The lowest BCUT2D eigenvalue weighted by Crippen LogP contribution is -2.33. The minimum atomic E-state index is 0.365. The molecule has 4 aromatic rings. The van der Waals surface area contributed by atoms with E-state index in [0.29, 0.717) is 17.3 Å². The lowest BCUT2D eigenvalue weighted by Gasteiger charge is -2.38. The molecule has 3 heteroatoms. The summed E-state index contributed by atoms with van der Waals surface area (Å²) < 4.78 is 0. The first-order chi connectivity index (χ1) is 20.5. The van der Waals surface area contributed by atoms with E-state index in [1.54, 1.807) is 0 Å². The van der Waals surface area contributed by atoms with E-state index in [0.717, 1.165) is 18.6 Å². The van der Waals surface area contributed by atoms with Gasteiger partial charge in [0.05, 0.1) is 5.25 Å². The predicted octanol–water partition coefficient (Wildman–Crippen LogP) is 10.7. The Bertz CT molecular complexity index is 1700. The van der Waals surface area contributed by atoms with E-state index in [1.165, 1.54) is 68.1 Å². The highest BCUT2D eigenvalue weighted by Crippen LogP contribution is 2.50. The van der Waals surface area contributed by atoms with Crippen LogP contribution in [0.3, 0.4) is 0 Å². The van der Waals surface area contributed by atoms with Crippen LogP contribution in [0.2, 0.25) is 0 Å². The molecule has 2 nitrogen and oxygen atoms in total. The number of fused-ring (bicyclic) bond motifs is 3. The quantitative estimate of drug-likeness (QED) is 0.228. The first-order valence-corrected chi connectivity index (χ1v) is 16.5. The zero-order chi connectivity index (χ0) is 28.8. The van der Waals surface area contributed by atoms with Gasteiger partial charge in [0, 0.05) is 51.7 Å². The number of para-hydroxylation sites is 2. The molecule has 1 aliphatic carbocycles. The van der Waals surface area contributed by atoms with Gasteiger partial charge in [-0.2, -0.15) is 0 Å². The van der Waals surface area contributed by atoms with Gasteiger partial charge in [-0.15, -0.1) is 11.8 Å². The van der Waals surface area contributed by atoms with Crippen LogP contribution in [0.25, 0.3) is 12.2 Å². The van der Waals surface area contributed by atoms with Gasteiger partial charge in [-0.05, 0) is 93.5 Å². The number of hydrogen-bond acceptors (Lipinski definition) is 3. The normalized spacial score (nSPS) is 21.0. The Morgan fingerprint density at radius 3 is 2.24 bits per heavy atom. The van der Waals surface area contributed by atoms with E-state index in [4.69, 9.17) is 0 Å². The van der Waals surface area contributed by atoms with Crippen molar-refractivity contribution >= 4 is 46.7 Å². The van der Waals surface area contributed by atoms with Crippen LogP contribution in [0, 0.1) is 0 Å². The van der Waals surface area contributed by atoms with Crippen LogP contribution in [0.15, 0.2) is 96.6 Å². The maximum Gasteiger partial charge on any atom is 0.0517 e. The van der Waals surface area contributed by atoms with Crippen molar-refractivity contribution in [2.75, 3.05) is 9.80 Å². The van der Waals surface area contributed by atoms with Gasteiger partial charge in [-0.1, -0.05) is 84.5 Å². The molecule has 0 aromatic heterocycles. The molecule has 3 unspecified atom stereocenters. The molecule has 212 valence electrons. The summed E-state index contributed by atoms with van der Waals surface area (Å²) >= 11 is 2.07. The van der Waals surface area contributed by atoms with Gasteiger partial charge < -0.3 is 9.80 Å². The predicted molar refractivity (Wildman–Crippen MR) is 183 cm³/mol. The Kier molecular flexibility index (Phi) is 7.23. The minimum Gasteiger partial charge on any atom is -0.338 e. The largest absolute Gasteiger partial charge is 0.338 e. The van der Waals surface area contributed by atoms with Crippen LogP contribution in [0.5, 0.6) is 0 Å². The maximum atomic E-state index is 2.59. The van der Waals surface area contributed by atoms with Crippen molar-refractivity contribution in [1.29, 1.82) is 0 Å². The van der Waals surface area contributed by atoms with Crippen LogP contribution < -0.4 is 9.80 Å². The van der Waals surface area contributed by atoms with Crippen LogP contribution in [-0.4, -0.2) is 12.1 Å². The van der Waals surface area contributed by atoms with Crippen molar-refractivity contribution in [3.63, 3.8) is 0 Å². The second kappa shape index (κ2) is 11.2. The second-order valence-electron chi connectivity index (χ2n) is 12.1. The standard InChI is InChI=1S/C39H40N2S/c1-5-12-32-31(15-10-19-37(32)41-28(4)24-30-14-7-9-18-36(30)41)25-42-39-26(2)23-34-33(39)16-11-20-38(34)40-27(3)21-22-29-13-6-8-17-35(29)40/h5-20,23,27-28,39H,21-22,24-25H2,1-4H3/b12-5-. The smallest absolute Gasteiger partial charge is 0.0517 e. The topological polar surface area (TPSA) is 6.48 Å². The zero-order valence-electron chi connectivity index (χ0n) is 25.2. The van der Waals surface area contributed by atoms with E-state index >= 15 is 0 Å². The van der Waals surface area contributed by atoms with Crippen LogP contribution in [0.4, 0.5) is 22.7 Å². The number of benzene rings is 4. The number of rotatable bonds is 6. The Morgan fingerprint density at radius 1 is 0.762 bits per heavy atom. The molecule has 0 spiro atoms. The van der Waals surface area contributed by atoms with Crippen LogP contribution >= 0.6 is 11.8 Å². The average molecular weight is 569 g/mol. The van der Waals surface area contributed by atoms with Gasteiger partial charge in [0.15, 0.2) is 0 Å². The molecule has 0 amide bonds. The molecule has 0 saturated carbocycles. The van der Waals surface area contributed by atoms with Gasteiger partial charge in [0.25, 0.3) is 0 Å². The van der Waals surface area contributed by atoms with Gasteiger partial charge >= 0.3 is 0 Å². The molecule has 42 heavy (non-hydrogen) atoms. The lowest BCUT2D eigenvalue weighted by molar-refractivity contribution is 0.618. The maximum absolute atomic E-state index is 2.59. The Balaban J connectivity index is 1.20. The van der Waals surface area contributed by atoms with Crippen molar-refractivity contribution in [3.05, 3.63) is 130 Å². The number of aryl methyl sites for hydroxylation is 1. The summed E-state index contributed by atoms with van der Waals surface area (Å²) in [6, 6.07) is 32.7. The van der Waals surface area contributed by atoms with Crippen LogP contribution in [0.1, 0.15) is 72.7 Å².